The van der Waals surface area contributed by atoms with E-state index in [9.17, 15) is 4.79 Å². The van der Waals surface area contributed by atoms with Gasteiger partial charge in [0.05, 0.1) is 0 Å². The molecule has 1 aliphatic carbocycles. The molecule has 1 amide bonds. The normalized spacial score (nSPS) is 22.2. The van der Waals surface area contributed by atoms with Crippen LogP contribution in [0.15, 0.2) is 12.2 Å². The smallest absolute Gasteiger partial charge is 0.407 e. The van der Waals surface area contributed by atoms with Gasteiger partial charge in [-0.15, -0.1) is 0 Å². The zero-order valence-electron chi connectivity index (χ0n) is 14.3. The summed E-state index contributed by atoms with van der Waals surface area (Å²) in [6.45, 7) is 11.6. The van der Waals surface area contributed by atoms with Gasteiger partial charge < -0.3 is 15.4 Å². The van der Waals surface area contributed by atoms with Crippen molar-refractivity contribution in [2.45, 2.75) is 71.9 Å². The van der Waals surface area contributed by atoms with Crippen LogP contribution in [0, 0.1) is 5.41 Å². The van der Waals surface area contributed by atoms with Crippen molar-refractivity contribution in [3.63, 3.8) is 0 Å². The molecule has 1 saturated carbocycles. The Morgan fingerprint density at radius 1 is 1.24 bits per heavy atom. The third-order valence-corrected chi connectivity index (χ3v) is 3.92. The van der Waals surface area contributed by atoms with E-state index >= 15 is 0 Å². The van der Waals surface area contributed by atoms with Gasteiger partial charge in [-0.3, -0.25) is 0 Å². The Morgan fingerprint density at radius 2 is 1.90 bits per heavy atom. The summed E-state index contributed by atoms with van der Waals surface area (Å²) in [5.41, 5.74) is -0.0528. The highest BCUT2D eigenvalue weighted by atomic mass is 16.6. The van der Waals surface area contributed by atoms with Gasteiger partial charge in [0.15, 0.2) is 0 Å². The van der Waals surface area contributed by atoms with Crippen molar-refractivity contribution in [2.75, 3.05) is 13.1 Å². The maximum Gasteiger partial charge on any atom is 0.407 e. The molecule has 1 aliphatic rings. The Morgan fingerprint density at radius 3 is 2.52 bits per heavy atom. The molecule has 2 N–H and O–H groups in total. The Labute approximate surface area is 129 Å². The van der Waals surface area contributed by atoms with E-state index in [0.29, 0.717) is 18.0 Å². The monoisotopic (exact) mass is 296 g/mol. The fourth-order valence-electron chi connectivity index (χ4n) is 2.71. The van der Waals surface area contributed by atoms with E-state index in [0.717, 1.165) is 6.54 Å². The van der Waals surface area contributed by atoms with Gasteiger partial charge in [0.25, 0.3) is 0 Å². The molecule has 1 fully saturated rings. The summed E-state index contributed by atoms with van der Waals surface area (Å²) in [6.07, 6.45) is 8.90. The van der Waals surface area contributed by atoms with E-state index in [4.69, 9.17) is 4.74 Å². The number of carbonyl (C=O) groups is 1. The second-order valence-electron chi connectivity index (χ2n) is 7.55. The molecule has 1 unspecified atom stereocenters. The van der Waals surface area contributed by atoms with E-state index < -0.39 is 5.60 Å². The number of carbonyl (C=O) groups excluding carboxylic acids is 1. The Bertz CT molecular complexity index is 356. The van der Waals surface area contributed by atoms with Crippen molar-refractivity contribution in [1.82, 2.24) is 10.6 Å². The molecule has 4 nitrogen and oxygen atoms in total. The average molecular weight is 296 g/mol. The molecule has 0 bridgehead atoms. The van der Waals surface area contributed by atoms with Crippen molar-refractivity contribution in [3.05, 3.63) is 12.2 Å². The van der Waals surface area contributed by atoms with Gasteiger partial charge in [-0.05, 0) is 39.0 Å². The molecule has 0 heterocycles. The first-order valence-electron chi connectivity index (χ1n) is 8.06. The number of nitrogens with one attached hydrogen (secondary N) is 2. The van der Waals surface area contributed by atoms with Gasteiger partial charge in [0.2, 0.25) is 0 Å². The molecule has 0 saturated heterocycles. The Balaban J connectivity index is 2.16. The van der Waals surface area contributed by atoms with Crippen LogP contribution in [0.4, 0.5) is 4.79 Å². The van der Waals surface area contributed by atoms with Crippen LogP contribution < -0.4 is 10.6 Å². The van der Waals surface area contributed by atoms with Crippen LogP contribution in [-0.4, -0.2) is 30.8 Å². The third-order valence-electron chi connectivity index (χ3n) is 3.92. The predicted octanol–water partition coefficient (Wildman–Crippen LogP) is 3.63. The molecular weight excluding hydrogens is 264 g/mol. The summed E-state index contributed by atoms with van der Waals surface area (Å²) >= 11 is 0. The first-order chi connectivity index (χ1) is 9.71. The number of hydrogen-bond acceptors (Lipinski definition) is 3. The quantitative estimate of drug-likeness (QED) is 0.762. The van der Waals surface area contributed by atoms with E-state index in [1.54, 1.807) is 0 Å². The van der Waals surface area contributed by atoms with E-state index in [2.05, 4.69) is 30.6 Å². The maximum atomic E-state index is 11.4. The van der Waals surface area contributed by atoms with Crippen molar-refractivity contribution in [3.8, 4) is 0 Å². The summed E-state index contributed by atoms with van der Waals surface area (Å²) in [7, 11) is 0. The lowest BCUT2D eigenvalue weighted by Gasteiger charge is -2.39. The van der Waals surface area contributed by atoms with Crippen LogP contribution in [0.3, 0.4) is 0 Å². The van der Waals surface area contributed by atoms with Crippen LogP contribution in [-0.2, 0) is 4.74 Å². The van der Waals surface area contributed by atoms with E-state index in [1.807, 2.05) is 26.8 Å². The molecule has 0 aromatic rings. The highest BCUT2D eigenvalue weighted by Crippen LogP contribution is 2.35. The zero-order chi connectivity index (χ0) is 15.9. The highest BCUT2D eigenvalue weighted by Gasteiger charge is 2.31. The molecule has 0 radical (unpaired) electrons. The Kier molecular flexibility index (Phi) is 6.72. The average Bonchev–Trinajstić information content (AvgIpc) is 2.32. The predicted molar refractivity (Wildman–Crippen MR) is 87.4 cm³/mol. The second kappa shape index (κ2) is 7.83. The van der Waals surface area contributed by atoms with Crippen molar-refractivity contribution in [2.24, 2.45) is 5.41 Å². The lowest BCUT2D eigenvalue weighted by molar-refractivity contribution is 0.0534. The second-order valence-corrected chi connectivity index (χ2v) is 7.55. The van der Waals surface area contributed by atoms with Gasteiger partial charge in [-0.2, -0.15) is 0 Å². The van der Waals surface area contributed by atoms with E-state index in [-0.39, 0.29) is 6.09 Å². The number of alkyl carbamates (subject to hydrolysis) is 1. The number of hydrogen-bond donors (Lipinski definition) is 2. The molecule has 0 aliphatic heterocycles. The summed E-state index contributed by atoms with van der Waals surface area (Å²) in [5.74, 6) is 0. The Hall–Kier alpha value is -1.03. The van der Waals surface area contributed by atoms with Crippen molar-refractivity contribution in [1.29, 1.82) is 0 Å². The summed E-state index contributed by atoms with van der Waals surface area (Å²) in [5, 5.41) is 6.33. The third kappa shape index (κ3) is 7.51. The van der Waals surface area contributed by atoms with Gasteiger partial charge in [-0.1, -0.05) is 38.8 Å². The van der Waals surface area contributed by atoms with Gasteiger partial charge in [-0.25, -0.2) is 4.79 Å². The van der Waals surface area contributed by atoms with Crippen LogP contribution in [0.5, 0.6) is 0 Å². The van der Waals surface area contributed by atoms with Crippen LogP contribution in [0.1, 0.15) is 60.3 Å². The summed E-state index contributed by atoms with van der Waals surface area (Å²) < 4.78 is 5.17. The summed E-state index contributed by atoms with van der Waals surface area (Å²) in [4.78, 5) is 11.4. The molecule has 0 aromatic heterocycles. The van der Waals surface area contributed by atoms with Gasteiger partial charge in [0.1, 0.15) is 5.60 Å². The van der Waals surface area contributed by atoms with Crippen molar-refractivity contribution >= 4 is 6.09 Å². The molecule has 1 rings (SSSR count). The number of ether oxygens (including phenoxy) is 1. The minimum absolute atomic E-state index is 0.367. The van der Waals surface area contributed by atoms with Crippen molar-refractivity contribution < 1.29 is 9.53 Å². The largest absolute Gasteiger partial charge is 0.444 e. The maximum absolute atomic E-state index is 11.4. The van der Waals surface area contributed by atoms with Gasteiger partial charge in [0, 0.05) is 19.1 Å². The molecule has 4 heteroatoms. The number of rotatable bonds is 5. The molecule has 21 heavy (non-hydrogen) atoms. The SMILES string of the molecule is CC(C)(C)OC(=O)NC/C=C/CNC1CCCCC1(C)C. The molecular formula is C17H32N2O2. The van der Waals surface area contributed by atoms with E-state index in [1.165, 1.54) is 25.7 Å². The zero-order valence-corrected chi connectivity index (χ0v) is 14.3. The molecule has 122 valence electrons. The lowest BCUT2D eigenvalue weighted by Crippen LogP contribution is -2.44. The van der Waals surface area contributed by atoms with Gasteiger partial charge >= 0.3 is 6.09 Å². The topological polar surface area (TPSA) is 50.4 Å². The first-order valence-corrected chi connectivity index (χ1v) is 8.06. The first kappa shape index (κ1) is 18.0. The highest BCUT2D eigenvalue weighted by molar-refractivity contribution is 5.67. The number of amides is 1. The minimum Gasteiger partial charge on any atom is -0.444 e. The molecule has 0 aromatic carbocycles. The van der Waals surface area contributed by atoms with Crippen LogP contribution >= 0.6 is 0 Å². The molecule has 0 spiro atoms. The van der Waals surface area contributed by atoms with Crippen LogP contribution in [0.25, 0.3) is 0 Å². The fourth-order valence-corrected chi connectivity index (χ4v) is 2.71. The standard InChI is InChI=1S/C17H32N2O2/c1-16(2,3)21-15(20)19-13-9-8-12-18-14-10-6-7-11-17(14,4)5/h8-9,14,18H,6-7,10-13H2,1-5H3,(H,19,20)/b9-8+. The summed E-state index contributed by atoms with van der Waals surface area (Å²) in [6, 6.07) is 0.592. The minimum atomic E-state index is -0.443. The molecule has 1 atom stereocenters. The van der Waals surface area contributed by atoms with Crippen LogP contribution in [0.2, 0.25) is 0 Å². The lowest BCUT2D eigenvalue weighted by atomic mass is 9.73. The fraction of sp³-hybridized carbons (Fsp3) is 0.824.